The van der Waals surface area contributed by atoms with Crippen molar-refractivity contribution in [2.24, 2.45) is 4.99 Å². The zero-order chi connectivity index (χ0) is 16.8. The number of methoxy groups -OCH3 is 1. The summed E-state index contributed by atoms with van der Waals surface area (Å²) >= 11 is 1.41. The maximum absolute atomic E-state index is 11.7. The second-order valence-corrected chi connectivity index (χ2v) is 5.79. The Labute approximate surface area is 138 Å². The van der Waals surface area contributed by atoms with E-state index in [1.165, 1.54) is 18.4 Å². The minimum Gasteiger partial charge on any atom is -0.494 e. The van der Waals surface area contributed by atoms with Crippen molar-refractivity contribution in [2.75, 3.05) is 13.7 Å². The first-order valence-corrected chi connectivity index (χ1v) is 8.31. The average Bonchev–Trinajstić information content (AvgIpc) is 2.89. The summed E-state index contributed by atoms with van der Waals surface area (Å²) in [6, 6.07) is 5.72. The fourth-order valence-corrected chi connectivity index (χ4v) is 3.20. The van der Waals surface area contributed by atoms with Crippen LogP contribution in [0.5, 0.6) is 5.75 Å². The van der Waals surface area contributed by atoms with Crippen LogP contribution < -0.4 is 9.54 Å². The van der Waals surface area contributed by atoms with Crippen LogP contribution in [0.4, 0.5) is 0 Å². The van der Waals surface area contributed by atoms with E-state index < -0.39 is 0 Å². The van der Waals surface area contributed by atoms with E-state index in [0.717, 1.165) is 16.0 Å². The predicted molar refractivity (Wildman–Crippen MR) is 88.5 cm³/mol. The Morgan fingerprint density at radius 3 is 2.74 bits per heavy atom. The molecule has 0 aliphatic rings. The Morgan fingerprint density at radius 2 is 2.09 bits per heavy atom. The minimum absolute atomic E-state index is 0.187. The monoisotopic (exact) mass is 336 g/mol. The lowest BCUT2D eigenvalue weighted by atomic mass is 10.3. The van der Waals surface area contributed by atoms with Crippen molar-refractivity contribution in [1.82, 2.24) is 4.57 Å². The van der Waals surface area contributed by atoms with Gasteiger partial charge in [-0.2, -0.15) is 4.99 Å². The van der Waals surface area contributed by atoms with Crippen LogP contribution in [0.2, 0.25) is 0 Å². The van der Waals surface area contributed by atoms with Gasteiger partial charge in [0.1, 0.15) is 5.75 Å². The molecule has 0 atom stereocenters. The number of carbonyl (C=O) groups excluding carboxylic acids is 2. The molecule has 0 saturated carbocycles. The lowest BCUT2D eigenvalue weighted by molar-refractivity contribution is -0.140. The quantitative estimate of drug-likeness (QED) is 0.760. The van der Waals surface area contributed by atoms with Crippen molar-refractivity contribution in [3.05, 3.63) is 23.0 Å². The number of thiazole rings is 1. The van der Waals surface area contributed by atoms with Gasteiger partial charge in [0.2, 0.25) is 5.91 Å². The van der Waals surface area contributed by atoms with Crippen molar-refractivity contribution in [3.63, 3.8) is 0 Å². The molecule has 0 N–H and O–H groups in total. The molecule has 1 amide bonds. The number of aromatic nitrogens is 1. The fourth-order valence-electron chi connectivity index (χ4n) is 2.10. The van der Waals surface area contributed by atoms with Crippen LogP contribution in [0, 0.1) is 0 Å². The average molecular weight is 336 g/mol. The van der Waals surface area contributed by atoms with Crippen LogP contribution in [-0.2, 0) is 20.9 Å². The predicted octanol–water partition coefficient (Wildman–Crippen LogP) is 2.50. The van der Waals surface area contributed by atoms with Gasteiger partial charge in [0, 0.05) is 13.0 Å². The second kappa shape index (κ2) is 7.92. The van der Waals surface area contributed by atoms with Gasteiger partial charge in [0.05, 0.1) is 30.4 Å². The van der Waals surface area contributed by atoms with E-state index >= 15 is 0 Å². The van der Waals surface area contributed by atoms with Crippen LogP contribution in [0.3, 0.4) is 0 Å². The molecule has 0 bridgehead atoms. The summed E-state index contributed by atoms with van der Waals surface area (Å²) in [5.74, 6) is 0.290. The highest BCUT2D eigenvalue weighted by molar-refractivity contribution is 7.16. The Kier molecular flexibility index (Phi) is 5.92. The lowest BCUT2D eigenvalue weighted by Crippen LogP contribution is -2.19. The third-order valence-electron chi connectivity index (χ3n) is 3.26. The van der Waals surface area contributed by atoms with E-state index in [1.54, 1.807) is 6.92 Å². The molecule has 0 radical (unpaired) electrons. The molecule has 6 nitrogen and oxygen atoms in total. The van der Waals surface area contributed by atoms with Gasteiger partial charge < -0.3 is 14.0 Å². The number of hydrogen-bond acceptors (Lipinski definition) is 5. The highest BCUT2D eigenvalue weighted by Gasteiger charge is 2.10. The number of ether oxygens (including phenoxy) is 2. The first-order valence-electron chi connectivity index (χ1n) is 7.49. The van der Waals surface area contributed by atoms with E-state index in [-0.39, 0.29) is 18.3 Å². The van der Waals surface area contributed by atoms with Crippen molar-refractivity contribution >= 4 is 33.4 Å². The SMILES string of the molecule is CCOc1ccc2c(c1)sc(=NC(=O)CC)n2CCC(=O)OC. The molecule has 0 fully saturated rings. The zero-order valence-corrected chi connectivity index (χ0v) is 14.3. The molecule has 1 heterocycles. The van der Waals surface area contributed by atoms with Crippen LogP contribution in [-0.4, -0.2) is 30.2 Å². The molecular formula is C16H20N2O4S. The molecule has 0 spiro atoms. The van der Waals surface area contributed by atoms with Gasteiger partial charge in [-0.05, 0) is 25.1 Å². The van der Waals surface area contributed by atoms with Crippen molar-refractivity contribution in [1.29, 1.82) is 0 Å². The van der Waals surface area contributed by atoms with Crippen LogP contribution in [0.15, 0.2) is 23.2 Å². The summed E-state index contributed by atoms with van der Waals surface area (Å²) in [4.78, 5) is 27.8. The number of fused-ring (bicyclic) bond motifs is 1. The normalized spacial score (nSPS) is 11.7. The molecule has 0 aliphatic carbocycles. The molecule has 23 heavy (non-hydrogen) atoms. The topological polar surface area (TPSA) is 69.9 Å². The van der Waals surface area contributed by atoms with Crippen molar-refractivity contribution < 1.29 is 19.1 Å². The Hall–Kier alpha value is -2.15. The molecule has 2 aromatic rings. The Morgan fingerprint density at radius 1 is 1.30 bits per heavy atom. The third kappa shape index (κ3) is 4.19. The first kappa shape index (κ1) is 17.2. The van der Waals surface area contributed by atoms with Gasteiger partial charge in [0.25, 0.3) is 0 Å². The van der Waals surface area contributed by atoms with Crippen molar-refractivity contribution in [3.8, 4) is 5.75 Å². The van der Waals surface area contributed by atoms with E-state index in [1.807, 2.05) is 29.7 Å². The molecule has 124 valence electrons. The number of aryl methyl sites for hydroxylation is 1. The summed E-state index contributed by atoms with van der Waals surface area (Å²) < 4.78 is 13.0. The zero-order valence-electron chi connectivity index (χ0n) is 13.5. The summed E-state index contributed by atoms with van der Waals surface area (Å²) in [6.45, 7) is 4.70. The number of hydrogen-bond donors (Lipinski definition) is 0. The first-order chi connectivity index (χ1) is 11.1. The van der Waals surface area contributed by atoms with E-state index in [2.05, 4.69) is 9.73 Å². The molecule has 7 heteroatoms. The third-order valence-corrected chi connectivity index (χ3v) is 4.30. The lowest BCUT2D eigenvalue weighted by Gasteiger charge is -2.06. The molecular weight excluding hydrogens is 316 g/mol. The second-order valence-electron chi connectivity index (χ2n) is 4.78. The highest BCUT2D eigenvalue weighted by atomic mass is 32.1. The fraction of sp³-hybridized carbons (Fsp3) is 0.438. The molecule has 0 aliphatic heterocycles. The van der Waals surface area contributed by atoms with E-state index in [4.69, 9.17) is 4.74 Å². The standard InChI is InChI=1S/C16H20N2O4S/c1-4-14(19)17-16-18(9-8-15(20)21-3)12-7-6-11(22-5-2)10-13(12)23-16/h6-7,10H,4-5,8-9H2,1-3H3. The number of amides is 1. The van der Waals surface area contributed by atoms with Gasteiger partial charge in [-0.3, -0.25) is 9.59 Å². The molecule has 2 rings (SSSR count). The summed E-state index contributed by atoms with van der Waals surface area (Å²) in [5, 5.41) is 0. The molecule has 1 aromatic heterocycles. The summed E-state index contributed by atoms with van der Waals surface area (Å²) in [5.41, 5.74) is 0.921. The summed E-state index contributed by atoms with van der Waals surface area (Å²) in [7, 11) is 1.36. The number of benzene rings is 1. The van der Waals surface area contributed by atoms with Gasteiger partial charge in [-0.1, -0.05) is 18.3 Å². The van der Waals surface area contributed by atoms with Gasteiger partial charge in [0.15, 0.2) is 4.80 Å². The van der Waals surface area contributed by atoms with Gasteiger partial charge >= 0.3 is 5.97 Å². The number of esters is 1. The Bertz CT molecular complexity index is 776. The maximum atomic E-state index is 11.7. The minimum atomic E-state index is -0.296. The number of nitrogens with zero attached hydrogens (tertiary/aromatic N) is 2. The van der Waals surface area contributed by atoms with E-state index in [0.29, 0.717) is 24.4 Å². The molecule has 0 saturated heterocycles. The van der Waals surface area contributed by atoms with Crippen LogP contribution >= 0.6 is 11.3 Å². The van der Waals surface area contributed by atoms with Gasteiger partial charge in [-0.15, -0.1) is 0 Å². The van der Waals surface area contributed by atoms with Crippen LogP contribution in [0.25, 0.3) is 10.2 Å². The maximum Gasteiger partial charge on any atom is 0.307 e. The van der Waals surface area contributed by atoms with Gasteiger partial charge in [-0.25, -0.2) is 0 Å². The number of rotatable bonds is 6. The van der Waals surface area contributed by atoms with Crippen molar-refractivity contribution in [2.45, 2.75) is 33.2 Å². The highest BCUT2D eigenvalue weighted by Crippen LogP contribution is 2.23. The number of carbonyl (C=O) groups is 2. The largest absolute Gasteiger partial charge is 0.494 e. The van der Waals surface area contributed by atoms with E-state index in [9.17, 15) is 9.59 Å². The molecule has 0 unspecified atom stereocenters. The molecule has 1 aromatic carbocycles. The van der Waals surface area contributed by atoms with Crippen LogP contribution in [0.1, 0.15) is 26.7 Å². The summed E-state index contributed by atoms with van der Waals surface area (Å²) in [6.07, 6.45) is 0.568. The smallest absolute Gasteiger partial charge is 0.307 e. The Balaban J connectivity index is 2.50.